The average Bonchev–Trinajstić information content (AvgIpc) is 2.62. The molecule has 0 aliphatic heterocycles. The molecule has 1 rings (SSSR count). The summed E-state index contributed by atoms with van der Waals surface area (Å²) < 4.78 is 10.0. The molecule has 1 unspecified atom stereocenters. The third-order valence-electron chi connectivity index (χ3n) is 3.93. The largest absolute Gasteiger partial charge is 0.481 e. The molecule has 1 saturated carbocycles. The molecule has 6 nitrogen and oxygen atoms in total. The lowest BCUT2D eigenvalue weighted by Crippen LogP contribution is -2.41. The normalized spacial score (nSPS) is 23.7. The van der Waals surface area contributed by atoms with Gasteiger partial charge in [0.2, 0.25) is 0 Å². The SMILES string of the molecule is C=C1CC(C(=O)OCC)(C(=O)OCC)CC1(C)CC(=O)O. The van der Waals surface area contributed by atoms with E-state index in [1.807, 2.05) is 0 Å². The second kappa shape index (κ2) is 6.28. The van der Waals surface area contributed by atoms with Crippen molar-refractivity contribution in [2.45, 2.75) is 40.0 Å². The third-order valence-corrected chi connectivity index (χ3v) is 3.93. The summed E-state index contributed by atoms with van der Waals surface area (Å²) in [6.45, 7) is 9.14. The Labute approximate surface area is 124 Å². The zero-order valence-electron chi connectivity index (χ0n) is 12.7. The summed E-state index contributed by atoms with van der Waals surface area (Å²) in [4.78, 5) is 35.6. The van der Waals surface area contributed by atoms with Gasteiger partial charge >= 0.3 is 17.9 Å². The van der Waals surface area contributed by atoms with Crippen LogP contribution in [0.25, 0.3) is 0 Å². The Balaban J connectivity index is 3.17. The molecule has 1 fully saturated rings. The first-order chi connectivity index (χ1) is 9.71. The lowest BCUT2D eigenvalue weighted by atomic mass is 9.78. The Morgan fingerprint density at radius 2 is 1.67 bits per heavy atom. The molecule has 0 heterocycles. The second-order valence-electron chi connectivity index (χ2n) is 5.61. The van der Waals surface area contributed by atoms with Gasteiger partial charge in [0.25, 0.3) is 0 Å². The number of carbonyl (C=O) groups is 3. The van der Waals surface area contributed by atoms with E-state index in [0.29, 0.717) is 5.57 Å². The van der Waals surface area contributed by atoms with Crippen LogP contribution in [0.1, 0.15) is 40.0 Å². The number of carboxylic acid groups (broad SMARTS) is 1. The summed E-state index contributed by atoms with van der Waals surface area (Å²) in [5.41, 5.74) is -1.75. The van der Waals surface area contributed by atoms with Gasteiger partial charge in [-0.05, 0) is 26.7 Å². The van der Waals surface area contributed by atoms with Crippen molar-refractivity contribution < 1.29 is 29.0 Å². The van der Waals surface area contributed by atoms with E-state index < -0.39 is 28.7 Å². The minimum absolute atomic E-state index is 0.0444. The average molecular weight is 298 g/mol. The molecule has 0 amide bonds. The van der Waals surface area contributed by atoms with Crippen molar-refractivity contribution in [1.82, 2.24) is 0 Å². The smallest absolute Gasteiger partial charge is 0.323 e. The molecule has 0 spiro atoms. The molecule has 0 aromatic carbocycles. The van der Waals surface area contributed by atoms with Gasteiger partial charge in [-0.3, -0.25) is 14.4 Å². The molecule has 1 aliphatic rings. The summed E-state index contributed by atoms with van der Waals surface area (Å²) in [5, 5.41) is 9.04. The van der Waals surface area contributed by atoms with Gasteiger partial charge in [-0.2, -0.15) is 0 Å². The summed E-state index contributed by atoms with van der Waals surface area (Å²) in [5.74, 6) is -2.33. The van der Waals surface area contributed by atoms with E-state index >= 15 is 0 Å². The van der Waals surface area contributed by atoms with E-state index in [1.54, 1.807) is 20.8 Å². The summed E-state index contributed by atoms with van der Waals surface area (Å²) in [6, 6.07) is 0. The third kappa shape index (κ3) is 3.25. The Bertz CT molecular complexity index is 449. The van der Waals surface area contributed by atoms with Crippen molar-refractivity contribution in [3.63, 3.8) is 0 Å². The maximum Gasteiger partial charge on any atom is 0.323 e. The molecule has 0 aromatic rings. The van der Waals surface area contributed by atoms with E-state index in [1.165, 1.54) is 0 Å². The number of hydrogen-bond donors (Lipinski definition) is 1. The van der Waals surface area contributed by atoms with Gasteiger partial charge in [-0.1, -0.05) is 19.1 Å². The Kier molecular flexibility index (Phi) is 5.15. The predicted molar refractivity (Wildman–Crippen MR) is 74.4 cm³/mol. The minimum atomic E-state index is -1.48. The van der Waals surface area contributed by atoms with Gasteiger partial charge in [-0.25, -0.2) is 0 Å². The first-order valence-electron chi connectivity index (χ1n) is 6.96. The van der Waals surface area contributed by atoms with Crippen molar-refractivity contribution in [3.05, 3.63) is 12.2 Å². The van der Waals surface area contributed by atoms with E-state index in [4.69, 9.17) is 14.6 Å². The van der Waals surface area contributed by atoms with Gasteiger partial charge in [0.05, 0.1) is 19.6 Å². The van der Waals surface area contributed by atoms with Crippen LogP contribution in [0.3, 0.4) is 0 Å². The number of rotatable bonds is 6. The molecule has 0 saturated heterocycles. The van der Waals surface area contributed by atoms with Crippen LogP contribution >= 0.6 is 0 Å². The number of esters is 2. The predicted octanol–water partition coefficient (Wildman–Crippen LogP) is 1.93. The van der Waals surface area contributed by atoms with Crippen LogP contribution in [-0.2, 0) is 23.9 Å². The molecular weight excluding hydrogens is 276 g/mol. The fraction of sp³-hybridized carbons (Fsp3) is 0.667. The van der Waals surface area contributed by atoms with Crippen molar-refractivity contribution in [1.29, 1.82) is 0 Å². The summed E-state index contributed by atoms with van der Waals surface area (Å²) in [6.07, 6.45) is -0.0797. The van der Waals surface area contributed by atoms with E-state index in [2.05, 4.69) is 6.58 Å². The first kappa shape index (κ1) is 17.2. The molecule has 1 N–H and O–H groups in total. The van der Waals surface area contributed by atoms with E-state index in [9.17, 15) is 14.4 Å². The summed E-state index contributed by atoms with van der Waals surface area (Å²) in [7, 11) is 0. The molecular formula is C15H22O6. The lowest BCUT2D eigenvalue weighted by Gasteiger charge is -2.27. The highest BCUT2D eigenvalue weighted by Crippen LogP contribution is 2.55. The van der Waals surface area contributed by atoms with Crippen LogP contribution in [0, 0.1) is 10.8 Å². The molecule has 0 bridgehead atoms. The first-order valence-corrected chi connectivity index (χ1v) is 6.96. The lowest BCUT2D eigenvalue weighted by molar-refractivity contribution is -0.172. The Hall–Kier alpha value is -1.85. The van der Waals surface area contributed by atoms with Crippen LogP contribution in [0.2, 0.25) is 0 Å². The monoisotopic (exact) mass is 298 g/mol. The van der Waals surface area contributed by atoms with Crippen molar-refractivity contribution in [2.24, 2.45) is 10.8 Å². The molecule has 0 aromatic heterocycles. The quantitative estimate of drug-likeness (QED) is 0.458. The number of carbonyl (C=O) groups excluding carboxylic acids is 2. The topological polar surface area (TPSA) is 89.9 Å². The Morgan fingerprint density at radius 3 is 2.05 bits per heavy atom. The molecule has 1 aliphatic carbocycles. The van der Waals surface area contributed by atoms with Crippen LogP contribution in [0.5, 0.6) is 0 Å². The van der Waals surface area contributed by atoms with Crippen molar-refractivity contribution in [3.8, 4) is 0 Å². The van der Waals surface area contributed by atoms with Crippen LogP contribution in [0.15, 0.2) is 12.2 Å². The van der Waals surface area contributed by atoms with Crippen molar-refractivity contribution >= 4 is 17.9 Å². The maximum atomic E-state index is 12.3. The summed E-state index contributed by atoms with van der Waals surface area (Å²) >= 11 is 0. The van der Waals surface area contributed by atoms with Crippen LogP contribution < -0.4 is 0 Å². The highest BCUT2D eigenvalue weighted by atomic mass is 16.6. The zero-order valence-corrected chi connectivity index (χ0v) is 12.7. The zero-order chi connectivity index (χ0) is 16.3. The molecule has 1 atom stereocenters. The highest BCUT2D eigenvalue weighted by molar-refractivity contribution is 6.01. The Morgan fingerprint density at radius 1 is 1.19 bits per heavy atom. The van der Waals surface area contributed by atoms with Gasteiger partial charge < -0.3 is 14.6 Å². The van der Waals surface area contributed by atoms with E-state index in [-0.39, 0.29) is 32.5 Å². The van der Waals surface area contributed by atoms with E-state index in [0.717, 1.165) is 0 Å². The number of allylic oxidation sites excluding steroid dienone is 1. The molecule has 21 heavy (non-hydrogen) atoms. The van der Waals surface area contributed by atoms with Gasteiger partial charge in [0.1, 0.15) is 0 Å². The standard InChI is InChI=1S/C15H22O6/c1-5-20-12(18)15(13(19)21-6-2)7-10(3)14(4,9-15)8-11(16)17/h3,5-9H2,1-2,4H3,(H,16,17). The van der Waals surface area contributed by atoms with Gasteiger partial charge in [0, 0.05) is 5.41 Å². The minimum Gasteiger partial charge on any atom is -0.481 e. The van der Waals surface area contributed by atoms with Crippen LogP contribution in [-0.4, -0.2) is 36.2 Å². The molecule has 6 heteroatoms. The second-order valence-corrected chi connectivity index (χ2v) is 5.61. The van der Waals surface area contributed by atoms with Gasteiger partial charge in [-0.15, -0.1) is 0 Å². The van der Waals surface area contributed by atoms with Gasteiger partial charge in [0.15, 0.2) is 5.41 Å². The maximum absolute atomic E-state index is 12.3. The number of aliphatic carboxylic acids is 1. The molecule has 118 valence electrons. The highest BCUT2D eigenvalue weighted by Gasteiger charge is 2.59. The van der Waals surface area contributed by atoms with Crippen molar-refractivity contribution in [2.75, 3.05) is 13.2 Å². The number of hydrogen-bond acceptors (Lipinski definition) is 5. The fourth-order valence-electron chi connectivity index (χ4n) is 2.86. The van der Waals surface area contributed by atoms with Crippen LogP contribution in [0.4, 0.5) is 0 Å². The number of ether oxygens (including phenoxy) is 2. The number of carboxylic acids is 1. The molecule has 0 radical (unpaired) electrons. The fourth-order valence-corrected chi connectivity index (χ4v) is 2.86.